The number of phenols is 1. The van der Waals surface area contributed by atoms with Crippen LogP contribution in [0.5, 0.6) is 17.2 Å². The molecule has 0 fully saturated rings. The first-order chi connectivity index (χ1) is 15.0. The lowest BCUT2D eigenvalue weighted by molar-refractivity contribution is -0.138. The molecule has 1 heterocycles. The minimum atomic E-state index is -0.671. The fourth-order valence-electron chi connectivity index (χ4n) is 2.83. The zero-order chi connectivity index (χ0) is 22.4. The van der Waals surface area contributed by atoms with Gasteiger partial charge < -0.3 is 24.4 Å². The Bertz CT molecular complexity index is 1060. The van der Waals surface area contributed by atoms with Crippen LogP contribution in [0.3, 0.4) is 0 Å². The highest BCUT2D eigenvalue weighted by Gasteiger charge is 2.33. The maximum absolute atomic E-state index is 12.5. The molecule has 0 spiro atoms. The maximum Gasteiger partial charge on any atom is 0.344 e. The molecule has 0 saturated heterocycles. The van der Waals surface area contributed by atoms with E-state index in [1.807, 2.05) is 6.92 Å². The molecule has 0 amide bonds. The van der Waals surface area contributed by atoms with Gasteiger partial charge in [-0.1, -0.05) is 23.9 Å². The van der Waals surface area contributed by atoms with Crippen molar-refractivity contribution in [2.24, 2.45) is 4.99 Å². The van der Waals surface area contributed by atoms with Gasteiger partial charge in [-0.25, -0.2) is 9.79 Å². The number of phenolic OH excluding ortho intramolecular Hbond substituents is 1. The van der Waals surface area contributed by atoms with Crippen LogP contribution in [0.15, 0.2) is 63.7 Å². The number of ether oxygens (including phenoxy) is 3. The standard InChI is InChI=1S/C23H23NO6S/c1-4-29-17-8-6-7-14(20(17)25)13-18-21(26)19(23(27)30-5-2)22(31-18)24-15-9-11-16(28-3)12-10-15/h6-13,25-26H,4-5H2,1-3H3/b18-13+,24-22?. The molecule has 2 N–H and O–H groups in total. The molecule has 0 saturated carbocycles. The van der Waals surface area contributed by atoms with E-state index in [-0.39, 0.29) is 23.7 Å². The summed E-state index contributed by atoms with van der Waals surface area (Å²) in [5.41, 5.74) is 1.00. The van der Waals surface area contributed by atoms with Gasteiger partial charge in [-0.15, -0.1) is 0 Å². The van der Waals surface area contributed by atoms with Gasteiger partial charge in [0.25, 0.3) is 0 Å². The van der Waals surface area contributed by atoms with Crippen molar-refractivity contribution in [1.29, 1.82) is 0 Å². The number of aromatic hydroxyl groups is 1. The van der Waals surface area contributed by atoms with Gasteiger partial charge in [0, 0.05) is 5.56 Å². The fourth-order valence-corrected chi connectivity index (χ4v) is 3.86. The van der Waals surface area contributed by atoms with Crippen molar-refractivity contribution < 1.29 is 29.2 Å². The number of benzene rings is 2. The van der Waals surface area contributed by atoms with Crippen LogP contribution in [0, 0.1) is 0 Å². The van der Waals surface area contributed by atoms with E-state index < -0.39 is 5.97 Å². The van der Waals surface area contributed by atoms with E-state index in [2.05, 4.69) is 4.99 Å². The number of aliphatic imine (C=N–C) groups is 1. The second-order valence-electron chi connectivity index (χ2n) is 6.30. The number of carbonyl (C=O) groups is 1. The lowest BCUT2D eigenvalue weighted by atomic mass is 10.1. The number of para-hydroxylation sites is 1. The molecule has 0 atom stereocenters. The van der Waals surface area contributed by atoms with Crippen LogP contribution in [-0.4, -0.2) is 41.5 Å². The van der Waals surface area contributed by atoms with E-state index in [1.54, 1.807) is 62.6 Å². The number of hydrogen-bond donors (Lipinski definition) is 2. The minimum Gasteiger partial charge on any atom is -0.506 e. The third-order valence-corrected chi connectivity index (χ3v) is 5.31. The van der Waals surface area contributed by atoms with Gasteiger partial charge in [0.15, 0.2) is 11.5 Å². The predicted molar refractivity (Wildman–Crippen MR) is 121 cm³/mol. The normalized spacial score (nSPS) is 16.1. The van der Waals surface area contributed by atoms with Crippen LogP contribution in [0.1, 0.15) is 19.4 Å². The van der Waals surface area contributed by atoms with Gasteiger partial charge in [-0.3, -0.25) is 0 Å². The molecule has 0 bridgehead atoms. The molecule has 162 valence electrons. The molecule has 0 unspecified atom stereocenters. The third-order valence-electron chi connectivity index (χ3n) is 4.29. The molecular weight excluding hydrogens is 418 g/mol. The Balaban J connectivity index is 2.03. The molecule has 0 radical (unpaired) electrons. The summed E-state index contributed by atoms with van der Waals surface area (Å²) in [5.74, 6) is 0.0363. The molecular formula is C23H23NO6S. The van der Waals surface area contributed by atoms with Gasteiger partial charge in [-0.05, 0) is 50.3 Å². The number of rotatable bonds is 7. The van der Waals surface area contributed by atoms with Crippen molar-refractivity contribution in [3.05, 3.63) is 64.3 Å². The highest BCUT2D eigenvalue weighted by molar-refractivity contribution is 8.18. The van der Waals surface area contributed by atoms with Crippen molar-refractivity contribution >= 4 is 34.5 Å². The average molecular weight is 442 g/mol. The van der Waals surface area contributed by atoms with Crippen LogP contribution in [0.4, 0.5) is 5.69 Å². The summed E-state index contributed by atoms with van der Waals surface area (Å²) in [7, 11) is 1.57. The number of hydrogen-bond acceptors (Lipinski definition) is 8. The topological polar surface area (TPSA) is 97.6 Å². The second kappa shape index (κ2) is 10.1. The van der Waals surface area contributed by atoms with Crippen molar-refractivity contribution in [1.82, 2.24) is 0 Å². The Morgan fingerprint density at radius 3 is 2.48 bits per heavy atom. The van der Waals surface area contributed by atoms with Crippen molar-refractivity contribution in [3.63, 3.8) is 0 Å². The van der Waals surface area contributed by atoms with Crippen molar-refractivity contribution in [2.75, 3.05) is 20.3 Å². The van der Waals surface area contributed by atoms with Crippen LogP contribution in [0.25, 0.3) is 6.08 Å². The monoisotopic (exact) mass is 441 g/mol. The molecule has 0 aliphatic carbocycles. The van der Waals surface area contributed by atoms with E-state index in [1.165, 1.54) is 0 Å². The summed E-state index contributed by atoms with van der Waals surface area (Å²) in [6.07, 6.45) is 1.58. The van der Waals surface area contributed by atoms with E-state index >= 15 is 0 Å². The SMILES string of the molecule is CCOC(=O)C1=C(O)/C(=C\c2cccc(OCC)c2O)SC1=Nc1ccc(OC)cc1. The number of thioether (sulfide) groups is 1. The number of aliphatic hydroxyl groups is 1. The average Bonchev–Trinajstić information content (AvgIpc) is 3.06. The van der Waals surface area contributed by atoms with Gasteiger partial charge >= 0.3 is 5.97 Å². The summed E-state index contributed by atoms with van der Waals surface area (Å²) in [5, 5.41) is 21.5. The van der Waals surface area contributed by atoms with E-state index in [9.17, 15) is 15.0 Å². The number of methoxy groups -OCH3 is 1. The first-order valence-corrected chi connectivity index (χ1v) is 10.5. The van der Waals surface area contributed by atoms with Crippen LogP contribution in [-0.2, 0) is 9.53 Å². The molecule has 3 rings (SSSR count). The Kier molecular flexibility index (Phi) is 7.25. The number of carbonyl (C=O) groups excluding carboxylic acids is 1. The van der Waals surface area contributed by atoms with E-state index in [0.29, 0.717) is 39.3 Å². The second-order valence-corrected chi connectivity index (χ2v) is 7.33. The van der Waals surface area contributed by atoms with Gasteiger partial charge in [-0.2, -0.15) is 0 Å². The Morgan fingerprint density at radius 1 is 1.10 bits per heavy atom. The predicted octanol–water partition coefficient (Wildman–Crippen LogP) is 4.99. The van der Waals surface area contributed by atoms with Crippen LogP contribution in [0.2, 0.25) is 0 Å². The molecule has 31 heavy (non-hydrogen) atoms. The molecule has 7 nitrogen and oxygen atoms in total. The van der Waals surface area contributed by atoms with Gasteiger partial charge in [0.2, 0.25) is 0 Å². The quantitative estimate of drug-likeness (QED) is 0.584. The van der Waals surface area contributed by atoms with Crippen LogP contribution >= 0.6 is 11.8 Å². The first-order valence-electron chi connectivity index (χ1n) is 9.66. The molecule has 2 aromatic carbocycles. The van der Waals surface area contributed by atoms with E-state index in [0.717, 1.165) is 11.8 Å². The number of nitrogens with zero attached hydrogens (tertiary/aromatic N) is 1. The van der Waals surface area contributed by atoms with Gasteiger partial charge in [0.1, 0.15) is 22.1 Å². The van der Waals surface area contributed by atoms with Gasteiger partial charge in [0.05, 0.1) is 30.9 Å². The summed E-state index contributed by atoms with van der Waals surface area (Å²) >= 11 is 1.11. The third kappa shape index (κ3) is 5.03. The van der Waals surface area contributed by atoms with Crippen molar-refractivity contribution in [2.45, 2.75) is 13.8 Å². The Labute approximate surface area is 184 Å². The number of esters is 1. The fraction of sp³-hybridized carbons (Fsp3) is 0.217. The summed E-state index contributed by atoms with van der Waals surface area (Å²) < 4.78 is 15.7. The highest BCUT2D eigenvalue weighted by Crippen LogP contribution is 2.42. The Hall–Kier alpha value is -3.39. The first kappa shape index (κ1) is 22.3. The highest BCUT2D eigenvalue weighted by atomic mass is 32.2. The maximum atomic E-state index is 12.5. The summed E-state index contributed by atoms with van der Waals surface area (Å²) in [4.78, 5) is 17.4. The lowest BCUT2D eigenvalue weighted by Gasteiger charge is -2.08. The summed E-state index contributed by atoms with van der Waals surface area (Å²) in [6.45, 7) is 4.07. The minimum absolute atomic E-state index is 0.0191. The lowest BCUT2D eigenvalue weighted by Crippen LogP contribution is -2.12. The molecule has 2 aromatic rings. The Morgan fingerprint density at radius 2 is 1.84 bits per heavy atom. The molecule has 0 aromatic heterocycles. The zero-order valence-electron chi connectivity index (χ0n) is 17.4. The smallest absolute Gasteiger partial charge is 0.344 e. The zero-order valence-corrected chi connectivity index (χ0v) is 18.2. The number of aliphatic hydroxyl groups excluding tert-OH is 1. The molecule has 1 aliphatic heterocycles. The summed E-state index contributed by atoms with van der Waals surface area (Å²) in [6, 6.07) is 12.0. The molecule has 1 aliphatic rings. The largest absolute Gasteiger partial charge is 0.506 e. The van der Waals surface area contributed by atoms with Crippen LogP contribution < -0.4 is 9.47 Å². The van der Waals surface area contributed by atoms with Crippen molar-refractivity contribution in [3.8, 4) is 17.2 Å². The molecule has 8 heteroatoms. The van der Waals surface area contributed by atoms with E-state index in [4.69, 9.17) is 14.2 Å².